The fraction of sp³-hybridized carbons (Fsp3) is 0.500. The molecule has 3 heterocycles. The Balaban J connectivity index is 1.27. The maximum atomic E-state index is 12.4. The Morgan fingerprint density at radius 3 is 2.73 bits per heavy atom. The molecule has 2 aromatic heterocycles. The van der Waals surface area contributed by atoms with E-state index in [2.05, 4.69) is 32.4 Å². The van der Waals surface area contributed by atoms with Gasteiger partial charge >= 0.3 is 0 Å². The van der Waals surface area contributed by atoms with Gasteiger partial charge in [-0.3, -0.25) is 9.59 Å². The molecule has 30 heavy (non-hydrogen) atoms. The normalized spacial score (nSPS) is 15.8. The van der Waals surface area contributed by atoms with Crippen LogP contribution in [0.4, 0.5) is 0 Å². The molecule has 8 nitrogen and oxygen atoms in total. The van der Waals surface area contributed by atoms with Crippen LogP contribution in [0.1, 0.15) is 19.3 Å². The van der Waals surface area contributed by atoms with Gasteiger partial charge in [-0.05, 0) is 32.5 Å². The molecule has 0 atom stereocenters. The summed E-state index contributed by atoms with van der Waals surface area (Å²) in [5.41, 5.74) is 1.43. The van der Waals surface area contributed by atoms with Crippen LogP contribution in [-0.4, -0.2) is 76.8 Å². The van der Waals surface area contributed by atoms with Crippen LogP contribution in [0.3, 0.4) is 0 Å². The Kier molecular flexibility index (Phi) is 6.44. The minimum Gasteiger partial charge on any atom is -0.356 e. The van der Waals surface area contributed by atoms with E-state index in [1.165, 1.54) is 0 Å². The molecule has 0 radical (unpaired) electrons. The second kappa shape index (κ2) is 9.40. The van der Waals surface area contributed by atoms with E-state index in [1.807, 2.05) is 28.8 Å². The number of fused-ring (bicyclic) bond motifs is 3. The van der Waals surface area contributed by atoms with Crippen molar-refractivity contribution in [3.8, 4) is 0 Å². The summed E-state index contributed by atoms with van der Waals surface area (Å²) in [5.74, 6) is 0.0738. The average Bonchev–Trinajstić information content (AvgIpc) is 3.08. The lowest BCUT2D eigenvalue weighted by Gasteiger charge is -2.32. The van der Waals surface area contributed by atoms with Crippen molar-refractivity contribution in [2.24, 2.45) is 0 Å². The topological polar surface area (TPSA) is 86.3 Å². The van der Waals surface area contributed by atoms with Crippen LogP contribution in [0.15, 0.2) is 35.3 Å². The van der Waals surface area contributed by atoms with Gasteiger partial charge in [0.25, 0.3) is 5.56 Å². The molecule has 2 N–H and O–H groups in total. The van der Waals surface area contributed by atoms with Crippen molar-refractivity contribution >= 4 is 27.7 Å². The first-order valence-corrected chi connectivity index (χ1v) is 10.8. The van der Waals surface area contributed by atoms with Crippen molar-refractivity contribution in [1.29, 1.82) is 0 Å². The van der Waals surface area contributed by atoms with Gasteiger partial charge in [-0.2, -0.15) is 5.10 Å². The summed E-state index contributed by atoms with van der Waals surface area (Å²) in [6.45, 7) is 6.82. The third kappa shape index (κ3) is 4.55. The molecule has 1 fully saturated rings. The monoisotopic (exact) mass is 410 g/mol. The predicted octanol–water partition coefficient (Wildman–Crippen LogP) is 1.41. The van der Waals surface area contributed by atoms with Gasteiger partial charge in [-0.15, -0.1) is 0 Å². The highest BCUT2D eigenvalue weighted by molar-refractivity contribution is 6.07. The largest absolute Gasteiger partial charge is 0.356 e. The number of hydrogen-bond acceptors (Lipinski definition) is 5. The SMILES string of the molecule is CN1CCN(CCCNC(=O)CCCn2c3ccccc3c3cn[nH]c(=O)c32)CC1. The zero-order valence-electron chi connectivity index (χ0n) is 17.6. The van der Waals surface area contributed by atoms with Crippen molar-refractivity contribution in [3.05, 3.63) is 40.8 Å². The van der Waals surface area contributed by atoms with Crippen LogP contribution in [0.2, 0.25) is 0 Å². The molecular formula is C22H30N6O2. The molecule has 0 saturated carbocycles. The number of likely N-dealkylation sites (N-methyl/N-ethyl adjacent to an activating group) is 1. The molecule has 1 aromatic carbocycles. The molecule has 3 aromatic rings. The number of H-pyrrole nitrogens is 1. The number of aromatic amines is 1. The molecule has 0 unspecified atom stereocenters. The van der Waals surface area contributed by atoms with Crippen LogP contribution in [0, 0.1) is 0 Å². The molecule has 1 saturated heterocycles. The van der Waals surface area contributed by atoms with E-state index in [4.69, 9.17) is 0 Å². The van der Waals surface area contributed by atoms with Crippen LogP contribution in [0.25, 0.3) is 21.8 Å². The summed E-state index contributed by atoms with van der Waals surface area (Å²) in [6.07, 6.45) is 3.80. The lowest BCUT2D eigenvalue weighted by Crippen LogP contribution is -2.45. The molecule has 1 aliphatic heterocycles. The Bertz CT molecular complexity index is 1060. The summed E-state index contributed by atoms with van der Waals surface area (Å²) < 4.78 is 2.01. The number of hydrogen-bond donors (Lipinski definition) is 2. The second-order valence-corrected chi connectivity index (χ2v) is 8.08. The number of piperazine rings is 1. The third-order valence-electron chi connectivity index (χ3n) is 5.94. The number of nitrogens with zero attached hydrogens (tertiary/aromatic N) is 4. The van der Waals surface area contributed by atoms with Crippen molar-refractivity contribution in [2.75, 3.05) is 46.3 Å². The highest BCUT2D eigenvalue weighted by atomic mass is 16.1. The zero-order chi connectivity index (χ0) is 20.9. The molecular weight excluding hydrogens is 380 g/mol. The number of para-hydroxylation sites is 1. The smallest absolute Gasteiger partial charge is 0.288 e. The first kappa shape index (κ1) is 20.6. The van der Waals surface area contributed by atoms with E-state index in [0.29, 0.717) is 31.4 Å². The maximum Gasteiger partial charge on any atom is 0.288 e. The Labute approximate surface area is 175 Å². The molecule has 0 bridgehead atoms. The van der Waals surface area contributed by atoms with Gasteiger partial charge in [0.2, 0.25) is 5.91 Å². The van der Waals surface area contributed by atoms with Gasteiger partial charge in [-0.25, -0.2) is 5.10 Å². The fourth-order valence-corrected chi connectivity index (χ4v) is 4.23. The standard InChI is InChI=1S/C22H30N6O2/c1-26-12-14-27(15-13-26)10-5-9-23-20(29)8-4-11-28-19-7-3-2-6-17(19)18-16-24-25-22(30)21(18)28/h2-3,6-7,16H,4-5,8-15H2,1H3,(H,23,29)(H,25,30). The molecule has 1 aliphatic rings. The van der Waals surface area contributed by atoms with Crippen LogP contribution >= 0.6 is 0 Å². The molecule has 0 spiro atoms. The van der Waals surface area contributed by atoms with E-state index in [0.717, 1.165) is 55.4 Å². The first-order chi connectivity index (χ1) is 14.6. The summed E-state index contributed by atoms with van der Waals surface area (Å²) in [7, 11) is 2.16. The fourth-order valence-electron chi connectivity index (χ4n) is 4.23. The minimum atomic E-state index is -0.197. The van der Waals surface area contributed by atoms with Crippen molar-refractivity contribution < 1.29 is 4.79 Å². The Hall–Kier alpha value is -2.71. The van der Waals surface area contributed by atoms with E-state index in [1.54, 1.807) is 6.20 Å². The van der Waals surface area contributed by atoms with Gasteiger partial charge in [0, 0.05) is 62.0 Å². The number of carbonyl (C=O) groups excluding carboxylic acids is 1. The molecule has 8 heteroatoms. The molecule has 1 amide bonds. The summed E-state index contributed by atoms with van der Waals surface area (Å²) in [5, 5.41) is 11.4. The van der Waals surface area contributed by atoms with Gasteiger partial charge in [0.1, 0.15) is 5.52 Å². The van der Waals surface area contributed by atoms with E-state index >= 15 is 0 Å². The van der Waals surface area contributed by atoms with Crippen molar-refractivity contribution in [2.45, 2.75) is 25.8 Å². The lowest BCUT2D eigenvalue weighted by molar-refractivity contribution is -0.121. The summed E-state index contributed by atoms with van der Waals surface area (Å²) in [6, 6.07) is 7.94. The average molecular weight is 411 g/mol. The third-order valence-corrected chi connectivity index (χ3v) is 5.94. The van der Waals surface area contributed by atoms with Gasteiger partial charge in [0.05, 0.1) is 6.20 Å². The maximum absolute atomic E-state index is 12.4. The summed E-state index contributed by atoms with van der Waals surface area (Å²) >= 11 is 0. The van der Waals surface area contributed by atoms with Crippen molar-refractivity contribution in [1.82, 2.24) is 29.9 Å². The second-order valence-electron chi connectivity index (χ2n) is 8.08. The number of rotatable bonds is 8. The Morgan fingerprint density at radius 2 is 1.90 bits per heavy atom. The first-order valence-electron chi connectivity index (χ1n) is 10.8. The van der Waals surface area contributed by atoms with Gasteiger partial charge < -0.3 is 19.7 Å². The van der Waals surface area contributed by atoms with Gasteiger partial charge in [-0.1, -0.05) is 18.2 Å². The highest BCUT2D eigenvalue weighted by Gasteiger charge is 2.14. The van der Waals surface area contributed by atoms with Crippen molar-refractivity contribution in [3.63, 3.8) is 0 Å². The van der Waals surface area contributed by atoms with E-state index in [-0.39, 0.29) is 11.5 Å². The lowest BCUT2D eigenvalue weighted by atomic mass is 10.2. The predicted molar refractivity (Wildman–Crippen MR) is 119 cm³/mol. The Morgan fingerprint density at radius 1 is 1.10 bits per heavy atom. The summed E-state index contributed by atoms with van der Waals surface area (Å²) in [4.78, 5) is 29.4. The molecule has 160 valence electrons. The van der Waals surface area contributed by atoms with E-state index in [9.17, 15) is 9.59 Å². The molecule has 0 aliphatic carbocycles. The number of benzene rings is 1. The van der Waals surface area contributed by atoms with E-state index < -0.39 is 0 Å². The number of amides is 1. The number of aromatic nitrogens is 3. The quantitative estimate of drug-likeness (QED) is 0.549. The molecule has 4 rings (SSSR count). The number of nitrogens with one attached hydrogen (secondary N) is 2. The zero-order valence-corrected chi connectivity index (χ0v) is 17.6. The van der Waals surface area contributed by atoms with Crippen LogP contribution < -0.4 is 10.9 Å². The van der Waals surface area contributed by atoms with Gasteiger partial charge in [0.15, 0.2) is 0 Å². The van der Waals surface area contributed by atoms with Crippen LogP contribution in [-0.2, 0) is 11.3 Å². The van der Waals surface area contributed by atoms with Crippen LogP contribution in [0.5, 0.6) is 0 Å². The number of carbonyl (C=O) groups is 1. The minimum absolute atomic E-state index is 0.0738. The highest BCUT2D eigenvalue weighted by Crippen LogP contribution is 2.26. The number of aryl methyl sites for hydroxylation is 1.